The van der Waals surface area contributed by atoms with Gasteiger partial charge in [0.25, 0.3) is 0 Å². The number of hydrogen-bond donors (Lipinski definition) is 1. The first-order chi connectivity index (χ1) is 9.22. The maximum absolute atomic E-state index is 12.7. The maximum Gasteiger partial charge on any atom is 0.228 e. The molecule has 3 unspecified atom stereocenters. The van der Waals surface area contributed by atoms with Gasteiger partial charge in [0, 0.05) is 19.1 Å². The molecule has 3 aliphatic rings. The molecule has 0 bridgehead atoms. The summed E-state index contributed by atoms with van der Waals surface area (Å²) in [7, 11) is 0. The minimum Gasteiger partial charge on any atom is -0.378 e. The summed E-state index contributed by atoms with van der Waals surface area (Å²) in [5.41, 5.74) is 0. The van der Waals surface area contributed by atoms with Crippen molar-refractivity contribution in [2.45, 2.75) is 51.2 Å². The van der Waals surface area contributed by atoms with E-state index in [1.807, 2.05) is 0 Å². The molecule has 3 atom stereocenters. The average Bonchev–Trinajstić information content (AvgIpc) is 2.89. The number of carbonyl (C=O) groups excluding carboxylic acids is 1. The van der Waals surface area contributed by atoms with Gasteiger partial charge in [0.2, 0.25) is 5.91 Å². The van der Waals surface area contributed by atoms with Crippen molar-refractivity contribution in [3.63, 3.8) is 0 Å². The third-order valence-corrected chi connectivity index (χ3v) is 4.64. The van der Waals surface area contributed by atoms with Gasteiger partial charge in [-0.15, -0.1) is 0 Å². The summed E-state index contributed by atoms with van der Waals surface area (Å²) >= 11 is 0. The lowest BCUT2D eigenvalue weighted by Gasteiger charge is -2.28. The molecule has 4 heteroatoms. The van der Waals surface area contributed by atoms with E-state index in [-0.39, 0.29) is 12.0 Å². The largest absolute Gasteiger partial charge is 0.378 e. The van der Waals surface area contributed by atoms with Crippen LogP contribution in [0.5, 0.6) is 0 Å². The Morgan fingerprint density at radius 1 is 1.32 bits per heavy atom. The van der Waals surface area contributed by atoms with Crippen molar-refractivity contribution in [1.29, 1.82) is 0 Å². The number of ether oxygens (including phenoxy) is 1. The van der Waals surface area contributed by atoms with Crippen molar-refractivity contribution in [1.82, 2.24) is 10.2 Å². The number of rotatable bonds is 5. The molecule has 3 fully saturated rings. The van der Waals surface area contributed by atoms with E-state index >= 15 is 0 Å². The molecule has 19 heavy (non-hydrogen) atoms. The zero-order valence-corrected chi connectivity index (χ0v) is 11.9. The molecule has 0 aromatic rings. The van der Waals surface area contributed by atoms with E-state index in [0.29, 0.717) is 18.6 Å². The highest BCUT2D eigenvalue weighted by Gasteiger charge is 2.35. The Kier molecular flexibility index (Phi) is 4.08. The molecular formula is C15H26N2O2. The van der Waals surface area contributed by atoms with Gasteiger partial charge >= 0.3 is 0 Å². The van der Waals surface area contributed by atoms with E-state index < -0.39 is 0 Å². The predicted octanol–water partition coefficient (Wildman–Crippen LogP) is 1.40. The fraction of sp³-hybridized carbons (Fsp3) is 0.933. The summed E-state index contributed by atoms with van der Waals surface area (Å²) in [6.45, 7) is 5.68. The zero-order chi connectivity index (χ0) is 13.2. The molecule has 0 radical (unpaired) electrons. The normalized spacial score (nSPS) is 34.7. The fourth-order valence-electron chi connectivity index (χ4n) is 3.29. The molecule has 108 valence electrons. The van der Waals surface area contributed by atoms with Crippen LogP contribution in [0.1, 0.15) is 39.0 Å². The molecule has 4 nitrogen and oxygen atoms in total. The van der Waals surface area contributed by atoms with E-state index in [1.54, 1.807) is 0 Å². The minimum atomic E-state index is 0.107. The van der Waals surface area contributed by atoms with E-state index in [4.69, 9.17) is 4.74 Å². The van der Waals surface area contributed by atoms with Gasteiger partial charge in [0.05, 0.1) is 18.6 Å². The van der Waals surface area contributed by atoms with E-state index in [2.05, 4.69) is 17.1 Å². The molecule has 1 saturated carbocycles. The van der Waals surface area contributed by atoms with Crippen molar-refractivity contribution in [3.05, 3.63) is 0 Å². The van der Waals surface area contributed by atoms with Crippen LogP contribution in [0.25, 0.3) is 0 Å². The average molecular weight is 266 g/mol. The van der Waals surface area contributed by atoms with Gasteiger partial charge in [-0.2, -0.15) is 0 Å². The highest BCUT2D eigenvalue weighted by Crippen LogP contribution is 2.31. The molecular weight excluding hydrogens is 240 g/mol. The third-order valence-electron chi connectivity index (χ3n) is 4.64. The van der Waals surface area contributed by atoms with E-state index in [0.717, 1.165) is 32.0 Å². The smallest absolute Gasteiger partial charge is 0.228 e. The predicted molar refractivity (Wildman–Crippen MR) is 73.8 cm³/mol. The first-order valence-corrected chi connectivity index (χ1v) is 7.86. The standard InChI is InChI=1S/C15H26N2O2/c1-11-7-13(10-19-11)15(18)17(8-12-4-5-12)9-14-3-2-6-16-14/h11-14,16H,2-10H2,1H3. The van der Waals surface area contributed by atoms with Crippen LogP contribution in [0.4, 0.5) is 0 Å². The SMILES string of the molecule is CC1CC(C(=O)N(CC2CC2)CC2CCCN2)CO1. The first kappa shape index (κ1) is 13.4. The molecule has 1 N–H and O–H groups in total. The maximum atomic E-state index is 12.7. The van der Waals surface area contributed by atoms with Crippen molar-refractivity contribution in [2.24, 2.45) is 11.8 Å². The van der Waals surface area contributed by atoms with Crippen LogP contribution in [-0.2, 0) is 9.53 Å². The van der Waals surface area contributed by atoms with E-state index in [1.165, 1.54) is 25.7 Å². The highest BCUT2D eigenvalue weighted by atomic mass is 16.5. The van der Waals surface area contributed by atoms with Crippen LogP contribution in [0.2, 0.25) is 0 Å². The van der Waals surface area contributed by atoms with Crippen LogP contribution in [-0.4, -0.2) is 49.2 Å². The first-order valence-electron chi connectivity index (χ1n) is 7.86. The molecule has 2 saturated heterocycles. The lowest BCUT2D eigenvalue weighted by molar-refractivity contribution is -0.136. The fourth-order valence-corrected chi connectivity index (χ4v) is 3.29. The molecule has 2 heterocycles. The summed E-state index contributed by atoms with van der Waals surface area (Å²) in [6.07, 6.45) is 6.23. The van der Waals surface area contributed by atoms with Crippen molar-refractivity contribution in [2.75, 3.05) is 26.2 Å². The number of nitrogens with one attached hydrogen (secondary N) is 1. The second-order valence-corrected chi connectivity index (χ2v) is 6.56. The van der Waals surface area contributed by atoms with Gasteiger partial charge in [0.1, 0.15) is 0 Å². The summed E-state index contributed by atoms with van der Waals surface area (Å²) in [5.74, 6) is 1.21. The Morgan fingerprint density at radius 3 is 2.74 bits per heavy atom. The molecule has 0 aromatic heterocycles. The van der Waals surface area contributed by atoms with Crippen molar-refractivity contribution >= 4 is 5.91 Å². The van der Waals surface area contributed by atoms with Gasteiger partial charge in [-0.3, -0.25) is 4.79 Å². The van der Waals surface area contributed by atoms with Gasteiger partial charge in [0.15, 0.2) is 0 Å². The Morgan fingerprint density at radius 2 is 2.16 bits per heavy atom. The molecule has 0 spiro atoms. The van der Waals surface area contributed by atoms with Crippen molar-refractivity contribution in [3.8, 4) is 0 Å². The Balaban J connectivity index is 1.58. The summed E-state index contributed by atoms with van der Waals surface area (Å²) in [6, 6.07) is 0.516. The molecule has 3 rings (SSSR count). The zero-order valence-electron chi connectivity index (χ0n) is 11.9. The lowest BCUT2D eigenvalue weighted by Crippen LogP contribution is -2.44. The van der Waals surface area contributed by atoms with Crippen LogP contribution >= 0.6 is 0 Å². The van der Waals surface area contributed by atoms with Crippen LogP contribution < -0.4 is 5.32 Å². The highest BCUT2D eigenvalue weighted by molar-refractivity contribution is 5.79. The number of carbonyl (C=O) groups is 1. The molecule has 1 aliphatic carbocycles. The van der Waals surface area contributed by atoms with E-state index in [9.17, 15) is 4.79 Å². The molecule has 0 aromatic carbocycles. The number of nitrogens with zero attached hydrogens (tertiary/aromatic N) is 1. The molecule has 2 aliphatic heterocycles. The second-order valence-electron chi connectivity index (χ2n) is 6.56. The van der Waals surface area contributed by atoms with Gasteiger partial charge < -0.3 is 15.0 Å². The van der Waals surface area contributed by atoms with Gasteiger partial charge in [-0.05, 0) is 51.5 Å². The monoisotopic (exact) mass is 266 g/mol. The Bertz CT molecular complexity index is 324. The topological polar surface area (TPSA) is 41.6 Å². The summed E-state index contributed by atoms with van der Waals surface area (Å²) in [4.78, 5) is 14.8. The quantitative estimate of drug-likeness (QED) is 0.818. The van der Waals surface area contributed by atoms with Gasteiger partial charge in [-0.1, -0.05) is 0 Å². The van der Waals surface area contributed by atoms with Crippen molar-refractivity contribution < 1.29 is 9.53 Å². The Labute approximate surface area is 115 Å². The minimum absolute atomic E-state index is 0.107. The molecule has 1 amide bonds. The summed E-state index contributed by atoms with van der Waals surface area (Å²) < 4.78 is 5.56. The number of amides is 1. The van der Waals surface area contributed by atoms with Crippen LogP contribution in [0.3, 0.4) is 0 Å². The third kappa shape index (κ3) is 3.48. The lowest BCUT2D eigenvalue weighted by atomic mass is 10.0. The van der Waals surface area contributed by atoms with Crippen LogP contribution in [0.15, 0.2) is 0 Å². The van der Waals surface area contributed by atoms with Crippen LogP contribution in [0, 0.1) is 11.8 Å². The Hall–Kier alpha value is -0.610. The number of hydrogen-bond acceptors (Lipinski definition) is 3. The second kappa shape index (κ2) is 5.80. The van der Waals surface area contributed by atoms with Gasteiger partial charge in [-0.25, -0.2) is 0 Å². The summed E-state index contributed by atoms with van der Waals surface area (Å²) in [5, 5.41) is 3.51.